The van der Waals surface area contributed by atoms with Crippen LogP contribution in [0, 0.1) is 11.8 Å². The van der Waals surface area contributed by atoms with Gasteiger partial charge in [0, 0.05) is 18.6 Å². The highest BCUT2D eigenvalue weighted by Gasteiger charge is 2.37. The van der Waals surface area contributed by atoms with E-state index >= 15 is 0 Å². The fourth-order valence-corrected chi connectivity index (χ4v) is 3.86. The second-order valence-electron chi connectivity index (χ2n) is 7.08. The summed E-state index contributed by atoms with van der Waals surface area (Å²) < 4.78 is 0. The van der Waals surface area contributed by atoms with E-state index < -0.39 is 0 Å². The van der Waals surface area contributed by atoms with Gasteiger partial charge in [-0.25, -0.2) is 0 Å². The SMILES string of the molecule is CCCCC(CC)CN(C)C1(CN)CCC(CC)CC1. The van der Waals surface area contributed by atoms with Gasteiger partial charge >= 0.3 is 0 Å². The summed E-state index contributed by atoms with van der Waals surface area (Å²) in [5.41, 5.74) is 6.50. The summed E-state index contributed by atoms with van der Waals surface area (Å²) in [5, 5.41) is 0. The van der Waals surface area contributed by atoms with Crippen LogP contribution in [0.1, 0.15) is 78.6 Å². The Morgan fingerprint density at radius 1 is 1.20 bits per heavy atom. The van der Waals surface area contributed by atoms with Crippen LogP contribution < -0.4 is 5.73 Å². The normalized spacial score (nSPS) is 28.8. The first-order valence-electron chi connectivity index (χ1n) is 9.03. The largest absolute Gasteiger partial charge is 0.329 e. The Kier molecular flexibility index (Phi) is 8.13. The van der Waals surface area contributed by atoms with Crippen molar-refractivity contribution in [2.75, 3.05) is 20.1 Å². The zero-order chi connectivity index (χ0) is 15.0. The standard InChI is InChI=1S/C18H38N2/c1-5-8-9-17(7-3)14-20(4)18(15-19)12-10-16(6-2)11-13-18/h16-17H,5-15,19H2,1-4H3. The van der Waals surface area contributed by atoms with Crippen LogP contribution in [0.15, 0.2) is 0 Å². The molecule has 0 radical (unpaired) electrons. The molecule has 0 saturated heterocycles. The second kappa shape index (κ2) is 9.04. The lowest BCUT2D eigenvalue weighted by Crippen LogP contribution is -2.55. The lowest BCUT2D eigenvalue weighted by atomic mass is 9.74. The minimum Gasteiger partial charge on any atom is -0.329 e. The van der Waals surface area contributed by atoms with Gasteiger partial charge in [0.2, 0.25) is 0 Å². The van der Waals surface area contributed by atoms with E-state index in [1.54, 1.807) is 0 Å². The Balaban J connectivity index is 2.55. The van der Waals surface area contributed by atoms with Crippen molar-refractivity contribution in [3.05, 3.63) is 0 Å². The highest BCUT2D eigenvalue weighted by molar-refractivity contribution is 4.95. The highest BCUT2D eigenvalue weighted by atomic mass is 15.2. The molecule has 1 saturated carbocycles. The molecule has 1 unspecified atom stereocenters. The molecule has 0 aromatic rings. The van der Waals surface area contributed by atoms with Crippen molar-refractivity contribution in [3.8, 4) is 0 Å². The van der Waals surface area contributed by atoms with Crippen LogP contribution in [0.3, 0.4) is 0 Å². The molecule has 1 fully saturated rings. The predicted molar refractivity (Wildman–Crippen MR) is 90.0 cm³/mol. The first-order valence-corrected chi connectivity index (χ1v) is 9.03. The van der Waals surface area contributed by atoms with Gasteiger partial charge in [-0.05, 0) is 51.0 Å². The fourth-order valence-electron chi connectivity index (χ4n) is 3.86. The first-order chi connectivity index (χ1) is 9.61. The van der Waals surface area contributed by atoms with Crippen LogP contribution in [0.4, 0.5) is 0 Å². The van der Waals surface area contributed by atoms with Gasteiger partial charge in [0.15, 0.2) is 0 Å². The minimum absolute atomic E-state index is 0.297. The van der Waals surface area contributed by atoms with Gasteiger partial charge in [-0.15, -0.1) is 0 Å². The average molecular weight is 283 g/mol. The van der Waals surface area contributed by atoms with Crippen molar-refractivity contribution >= 4 is 0 Å². The van der Waals surface area contributed by atoms with Gasteiger partial charge in [0.1, 0.15) is 0 Å². The number of nitrogens with two attached hydrogens (primary N) is 1. The quantitative estimate of drug-likeness (QED) is 0.678. The summed E-state index contributed by atoms with van der Waals surface area (Å²) in [6.07, 6.45) is 12.1. The Morgan fingerprint density at radius 2 is 1.85 bits per heavy atom. The molecule has 0 bridgehead atoms. The first kappa shape index (κ1) is 18.0. The molecule has 2 heteroatoms. The average Bonchev–Trinajstić information content (AvgIpc) is 2.51. The van der Waals surface area contributed by atoms with E-state index in [1.165, 1.54) is 64.3 Å². The van der Waals surface area contributed by atoms with Gasteiger partial charge in [-0.2, -0.15) is 0 Å². The maximum absolute atomic E-state index is 6.20. The van der Waals surface area contributed by atoms with Crippen LogP contribution in [0.25, 0.3) is 0 Å². The fraction of sp³-hybridized carbons (Fsp3) is 1.00. The van der Waals surface area contributed by atoms with E-state index in [1.807, 2.05) is 0 Å². The summed E-state index contributed by atoms with van der Waals surface area (Å²) in [4.78, 5) is 2.63. The number of nitrogens with zero attached hydrogens (tertiary/aromatic N) is 1. The number of rotatable bonds is 9. The van der Waals surface area contributed by atoms with Crippen LogP contribution in [-0.4, -0.2) is 30.6 Å². The molecule has 0 heterocycles. The molecule has 0 spiro atoms. The van der Waals surface area contributed by atoms with Crippen molar-refractivity contribution in [2.24, 2.45) is 17.6 Å². The van der Waals surface area contributed by atoms with E-state index in [-0.39, 0.29) is 0 Å². The van der Waals surface area contributed by atoms with Gasteiger partial charge in [0.05, 0.1) is 0 Å². The molecule has 1 rings (SSSR count). The van der Waals surface area contributed by atoms with Crippen molar-refractivity contribution in [1.82, 2.24) is 4.90 Å². The maximum Gasteiger partial charge on any atom is 0.0329 e. The van der Waals surface area contributed by atoms with Crippen molar-refractivity contribution in [3.63, 3.8) is 0 Å². The molecular formula is C18H38N2. The van der Waals surface area contributed by atoms with Gasteiger partial charge < -0.3 is 5.73 Å². The molecule has 1 aliphatic rings. The molecule has 0 aromatic heterocycles. The number of likely N-dealkylation sites (N-methyl/N-ethyl adjacent to an activating group) is 1. The van der Waals surface area contributed by atoms with Crippen LogP contribution in [0.2, 0.25) is 0 Å². The summed E-state index contributed by atoms with van der Waals surface area (Å²) in [6, 6.07) is 0. The number of hydrogen-bond acceptors (Lipinski definition) is 2. The Hall–Kier alpha value is -0.0800. The lowest BCUT2D eigenvalue weighted by Gasteiger charge is -2.47. The van der Waals surface area contributed by atoms with Crippen molar-refractivity contribution in [1.29, 1.82) is 0 Å². The van der Waals surface area contributed by atoms with Crippen molar-refractivity contribution < 1.29 is 0 Å². The minimum atomic E-state index is 0.297. The van der Waals surface area contributed by atoms with Crippen LogP contribution in [0.5, 0.6) is 0 Å². The molecule has 2 nitrogen and oxygen atoms in total. The van der Waals surface area contributed by atoms with Crippen LogP contribution >= 0.6 is 0 Å². The smallest absolute Gasteiger partial charge is 0.0329 e. The van der Waals surface area contributed by atoms with Gasteiger partial charge in [-0.3, -0.25) is 4.90 Å². The number of hydrogen-bond donors (Lipinski definition) is 1. The topological polar surface area (TPSA) is 29.3 Å². The maximum atomic E-state index is 6.20. The van der Waals surface area contributed by atoms with E-state index in [9.17, 15) is 0 Å². The van der Waals surface area contributed by atoms with E-state index in [4.69, 9.17) is 5.73 Å². The summed E-state index contributed by atoms with van der Waals surface area (Å²) in [7, 11) is 2.33. The predicted octanol–water partition coefficient (Wildman–Crippen LogP) is 4.43. The second-order valence-corrected chi connectivity index (χ2v) is 7.08. The third kappa shape index (κ3) is 4.73. The Labute approximate surface area is 127 Å². The van der Waals surface area contributed by atoms with Gasteiger partial charge in [0.25, 0.3) is 0 Å². The lowest BCUT2D eigenvalue weighted by molar-refractivity contribution is 0.0493. The monoisotopic (exact) mass is 282 g/mol. The molecular weight excluding hydrogens is 244 g/mol. The van der Waals surface area contributed by atoms with Crippen molar-refractivity contribution in [2.45, 2.75) is 84.1 Å². The zero-order valence-electron chi connectivity index (χ0n) is 14.5. The summed E-state index contributed by atoms with van der Waals surface area (Å²) in [5.74, 6) is 1.80. The van der Waals surface area contributed by atoms with E-state index in [0.717, 1.165) is 18.4 Å². The molecule has 1 aliphatic carbocycles. The Morgan fingerprint density at radius 3 is 2.30 bits per heavy atom. The molecule has 0 amide bonds. The van der Waals surface area contributed by atoms with Gasteiger partial charge in [-0.1, -0.05) is 46.5 Å². The molecule has 0 aliphatic heterocycles. The summed E-state index contributed by atoms with van der Waals surface area (Å²) >= 11 is 0. The molecule has 1 atom stereocenters. The summed E-state index contributed by atoms with van der Waals surface area (Å²) in [6.45, 7) is 9.05. The molecule has 20 heavy (non-hydrogen) atoms. The number of unbranched alkanes of at least 4 members (excludes halogenated alkanes) is 1. The third-order valence-electron chi connectivity index (χ3n) is 5.88. The highest BCUT2D eigenvalue weighted by Crippen LogP contribution is 2.37. The Bertz CT molecular complexity index is 244. The molecule has 0 aromatic carbocycles. The molecule has 120 valence electrons. The van der Waals surface area contributed by atoms with Crippen LogP contribution in [-0.2, 0) is 0 Å². The zero-order valence-corrected chi connectivity index (χ0v) is 14.5. The van der Waals surface area contributed by atoms with E-state index in [2.05, 4.69) is 32.7 Å². The van der Waals surface area contributed by atoms with E-state index in [0.29, 0.717) is 5.54 Å². The third-order valence-corrected chi connectivity index (χ3v) is 5.88. The molecule has 2 N–H and O–H groups in total.